The summed E-state index contributed by atoms with van der Waals surface area (Å²) in [4.78, 5) is 0. The van der Waals surface area contributed by atoms with E-state index in [0.29, 0.717) is 5.56 Å². The number of para-hydroxylation sites is 1. The van der Waals surface area contributed by atoms with Gasteiger partial charge in [-0.3, -0.25) is 0 Å². The number of hydrogen-bond acceptors (Lipinski definition) is 2. The molecule has 0 heterocycles. The van der Waals surface area contributed by atoms with Gasteiger partial charge in [-0.15, -0.1) is 13.2 Å². The molecule has 0 aliphatic heterocycles. The first-order chi connectivity index (χ1) is 9.92. The highest BCUT2D eigenvalue weighted by molar-refractivity contribution is 5.73. The van der Waals surface area contributed by atoms with Crippen LogP contribution in [0.25, 0.3) is 11.1 Å². The molecule has 2 aromatic rings. The topological polar surface area (TPSA) is 35.2 Å². The van der Waals surface area contributed by atoms with Crippen molar-refractivity contribution in [1.29, 1.82) is 0 Å². The van der Waals surface area contributed by atoms with Crippen molar-refractivity contribution in [3.63, 3.8) is 0 Å². The van der Waals surface area contributed by atoms with Crippen molar-refractivity contribution in [3.8, 4) is 16.9 Å². The van der Waals surface area contributed by atoms with Crippen LogP contribution >= 0.6 is 0 Å². The van der Waals surface area contributed by atoms with Crippen LogP contribution < -0.4 is 10.5 Å². The molecule has 0 spiro atoms. The Morgan fingerprint density at radius 3 is 2.29 bits per heavy atom. The van der Waals surface area contributed by atoms with Crippen molar-refractivity contribution in [2.75, 3.05) is 6.54 Å². The third kappa shape index (κ3) is 3.72. The van der Waals surface area contributed by atoms with Crippen molar-refractivity contribution < 1.29 is 22.3 Å². The van der Waals surface area contributed by atoms with E-state index in [2.05, 4.69) is 4.74 Å². The summed E-state index contributed by atoms with van der Waals surface area (Å²) in [6.45, 7) is 0.191. The molecule has 2 rings (SSSR count). The minimum absolute atomic E-state index is 0.178. The molecule has 0 bridgehead atoms. The average molecular weight is 299 g/mol. The number of alkyl halides is 3. The lowest BCUT2D eigenvalue weighted by atomic mass is 9.96. The molecule has 0 aliphatic rings. The summed E-state index contributed by atoms with van der Waals surface area (Å²) >= 11 is 0. The second kappa shape index (κ2) is 6.13. The summed E-state index contributed by atoms with van der Waals surface area (Å²) in [7, 11) is 0. The van der Waals surface area contributed by atoms with Gasteiger partial charge in [-0.1, -0.05) is 30.3 Å². The molecule has 2 nitrogen and oxygen atoms in total. The van der Waals surface area contributed by atoms with Crippen LogP contribution in [0.2, 0.25) is 0 Å². The van der Waals surface area contributed by atoms with Crippen LogP contribution in [-0.4, -0.2) is 12.9 Å². The van der Waals surface area contributed by atoms with Gasteiger partial charge < -0.3 is 10.5 Å². The third-order valence-corrected chi connectivity index (χ3v) is 2.92. The lowest BCUT2D eigenvalue weighted by Crippen LogP contribution is -2.17. The van der Waals surface area contributed by atoms with Gasteiger partial charge in [0.25, 0.3) is 0 Å². The maximum atomic E-state index is 13.9. The average Bonchev–Trinajstić information content (AvgIpc) is 2.40. The van der Waals surface area contributed by atoms with Crippen molar-refractivity contribution in [2.24, 2.45) is 5.73 Å². The smallest absolute Gasteiger partial charge is 0.405 e. The summed E-state index contributed by atoms with van der Waals surface area (Å²) < 4.78 is 55.2. The zero-order chi connectivity index (χ0) is 15.5. The van der Waals surface area contributed by atoms with Crippen molar-refractivity contribution in [2.45, 2.75) is 12.8 Å². The predicted molar refractivity (Wildman–Crippen MR) is 71.3 cm³/mol. The second-order valence-electron chi connectivity index (χ2n) is 4.35. The van der Waals surface area contributed by atoms with Gasteiger partial charge in [0.05, 0.1) is 0 Å². The standard InChI is InChI=1S/C15H13F4NO/c16-13-6-3-5-10(11(13)8-9-20)12-4-1-2-7-14(12)21-15(17,18)19/h1-7H,8-9,20H2. The molecular weight excluding hydrogens is 286 g/mol. The zero-order valence-electron chi connectivity index (χ0n) is 11.0. The van der Waals surface area contributed by atoms with E-state index in [1.165, 1.54) is 30.3 Å². The van der Waals surface area contributed by atoms with E-state index < -0.39 is 12.2 Å². The Bertz CT molecular complexity index is 625. The van der Waals surface area contributed by atoms with Gasteiger partial charge in [0.2, 0.25) is 0 Å². The predicted octanol–water partition coefficient (Wildman–Crippen LogP) is 3.89. The molecule has 0 saturated heterocycles. The van der Waals surface area contributed by atoms with Gasteiger partial charge in [0.15, 0.2) is 0 Å². The van der Waals surface area contributed by atoms with Crippen LogP contribution in [0.5, 0.6) is 5.75 Å². The fourth-order valence-corrected chi connectivity index (χ4v) is 2.11. The number of nitrogens with two attached hydrogens (primary N) is 1. The van der Waals surface area contributed by atoms with Crippen LogP contribution in [0.15, 0.2) is 42.5 Å². The van der Waals surface area contributed by atoms with E-state index in [-0.39, 0.29) is 29.8 Å². The van der Waals surface area contributed by atoms with Crippen LogP contribution in [0, 0.1) is 5.82 Å². The fraction of sp³-hybridized carbons (Fsp3) is 0.200. The van der Waals surface area contributed by atoms with Crippen LogP contribution in [0.4, 0.5) is 17.6 Å². The summed E-state index contributed by atoms with van der Waals surface area (Å²) in [6, 6.07) is 9.88. The SMILES string of the molecule is NCCc1c(F)cccc1-c1ccccc1OC(F)(F)F. The Labute approximate surface area is 119 Å². The molecule has 0 atom stereocenters. The van der Waals surface area contributed by atoms with E-state index in [4.69, 9.17) is 5.73 Å². The summed E-state index contributed by atoms with van der Waals surface area (Å²) in [5.74, 6) is -0.867. The normalized spacial score (nSPS) is 11.5. The van der Waals surface area contributed by atoms with Gasteiger partial charge >= 0.3 is 6.36 Å². The number of ether oxygens (including phenoxy) is 1. The van der Waals surface area contributed by atoms with E-state index in [0.717, 1.165) is 0 Å². The monoisotopic (exact) mass is 299 g/mol. The highest BCUT2D eigenvalue weighted by atomic mass is 19.4. The molecular formula is C15H13F4NO. The molecule has 0 radical (unpaired) electrons. The van der Waals surface area contributed by atoms with Crippen LogP contribution in [0.3, 0.4) is 0 Å². The molecule has 0 amide bonds. The van der Waals surface area contributed by atoms with E-state index in [1.807, 2.05) is 0 Å². The number of benzene rings is 2. The summed E-state index contributed by atoms with van der Waals surface area (Å²) in [6.07, 6.45) is -4.58. The van der Waals surface area contributed by atoms with E-state index >= 15 is 0 Å². The molecule has 0 unspecified atom stereocenters. The maximum absolute atomic E-state index is 13.9. The lowest BCUT2D eigenvalue weighted by Gasteiger charge is -2.16. The Balaban J connectivity index is 2.55. The van der Waals surface area contributed by atoms with Crippen molar-refractivity contribution in [1.82, 2.24) is 0 Å². The minimum atomic E-state index is -4.81. The van der Waals surface area contributed by atoms with Gasteiger partial charge in [-0.2, -0.15) is 0 Å². The molecule has 6 heteroatoms. The lowest BCUT2D eigenvalue weighted by molar-refractivity contribution is -0.274. The molecule has 2 aromatic carbocycles. The van der Waals surface area contributed by atoms with Gasteiger partial charge in [-0.05, 0) is 36.2 Å². The number of hydrogen-bond donors (Lipinski definition) is 1. The molecule has 0 fully saturated rings. The molecule has 0 saturated carbocycles. The van der Waals surface area contributed by atoms with Gasteiger partial charge in [-0.25, -0.2) is 4.39 Å². The first-order valence-corrected chi connectivity index (χ1v) is 6.25. The summed E-state index contributed by atoms with van der Waals surface area (Å²) in [5.41, 5.74) is 6.24. The Morgan fingerprint density at radius 2 is 1.62 bits per heavy atom. The van der Waals surface area contributed by atoms with Crippen LogP contribution in [-0.2, 0) is 6.42 Å². The van der Waals surface area contributed by atoms with E-state index in [9.17, 15) is 17.6 Å². The Hall–Kier alpha value is -2.08. The third-order valence-electron chi connectivity index (χ3n) is 2.92. The quantitative estimate of drug-likeness (QED) is 0.869. The largest absolute Gasteiger partial charge is 0.573 e. The molecule has 2 N–H and O–H groups in total. The van der Waals surface area contributed by atoms with Crippen molar-refractivity contribution >= 4 is 0 Å². The first kappa shape index (κ1) is 15.3. The highest BCUT2D eigenvalue weighted by Crippen LogP contribution is 2.36. The highest BCUT2D eigenvalue weighted by Gasteiger charge is 2.32. The Kier molecular flexibility index (Phi) is 4.47. The second-order valence-corrected chi connectivity index (χ2v) is 4.35. The number of halogens is 4. The number of rotatable bonds is 4. The molecule has 0 aromatic heterocycles. The van der Waals surface area contributed by atoms with Crippen molar-refractivity contribution in [3.05, 3.63) is 53.8 Å². The zero-order valence-corrected chi connectivity index (χ0v) is 11.0. The van der Waals surface area contributed by atoms with Gasteiger partial charge in [0, 0.05) is 5.56 Å². The minimum Gasteiger partial charge on any atom is -0.405 e. The Morgan fingerprint density at radius 1 is 0.952 bits per heavy atom. The van der Waals surface area contributed by atoms with Crippen LogP contribution in [0.1, 0.15) is 5.56 Å². The first-order valence-electron chi connectivity index (χ1n) is 6.25. The fourth-order valence-electron chi connectivity index (χ4n) is 2.11. The molecule has 0 aliphatic carbocycles. The molecule has 21 heavy (non-hydrogen) atoms. The molecule has 112 valence electrons. The maximum Gasteiger partial charge on any atom is 0.573 e. The summed E-state index contributed by atoms with van der Waals surface area (Å²) in [5, 5.41) is 0. The van der Waals surface area contributed by atoms with E-state index in [1.54, 1.807) is 12.1 Å². The van der Waals surface area contributed by atoms with Gasteiger partial charge in [0.1, 0.15) is 11.6 Å².